The van der Waals surface area contributed by atoms with Crippen molar-refractivity contribution in [3.8, 4) is 0 Å². The Morgan fingerprint density at radius 2 is 1.08 bits per heavy atom. The van der Waals surface area contributed by atoms with E-state index in [1.165, 1.54) is 11.8 Å². The van der Waals surface area contributed by atoms with Crippen molar-refractivity contribution in [3.63, 3.8) is 0 Å². The third-order valence-corrected chi connectivity index (χ3v) is 2.78. The molecule has 13 heavy (non-hydrogen) atoms. The summed E-state index contributed by atoms with van der Waals surface area (Å²) < 4.78 is 31.1. The lowest BCUT2D eigenvalue weighted by Crippen LogP contribution is -1.96. The van der Waals surface area contributed by atoms with Crippen LogP contribution in [0.2, 0.25) is 0 Å². The minimum Gasteiger partial charge on any atom is -0.269 e. The Labute approximate surface area is 97.2 Å². The first-order valence-corrected chi connectivity index (χ1v) is 5.94. The van der Waals surface area contributed by atoms with Gasteiger partial charge >= 0.3 is 5.51 Å². The number of halogens is 7. The van der Waals surface area contributed by atoms with Gasteiger partial charge in [-0.1, -0.05) is 46.6 Å². The van der Waals surface area contributed by atoms with Crippen LogP contribution in [-0.4, -0.2) is 21.1 Å². The van der Waals surface area contributed by atoms with Gasteiger partial charge in [0, 0.05) is 0 Å². The normalized spacial score (nSPS) is 11.1. The molecule has 0 nitrogen and oxygen atoms in total. The highest BCUT2D eigenvalue weighted by molar-refractivity contribution is 8.04. The van der Waals surface area contributed by atoms with E-state index >= 15 is 0 Å². The molecule has 84 valence electrons. The molecule has 0 amide bonds. The van der Waals surface area contributed by atoms with Crippen LogP contribution in [0.5, 0.6) is 0 Å². The minimum atomic E-state index is -4.04. The van der Waals surface area contributed by atoms with E-state index in [0.717, 1.165) is 6.26 Å². The van der Waals surface area contributed by atoms with Crippen LogP contribution in [0.4, 0.5) is 17.9 Å². The van der Waals surface area contributed by atoms with Gasteiger partial charge in [-0.05, 0) is 12.5 Å². The fourth-order valence-corrected chi connectivity index (χ4v) is 0. The predicted molar refractivity (Wildman–Crippen MR) is 55.9 cm³/mol. The van der Waals surface area contributed by atoms with Gasteiger partial charge in [-0.15, -0.1) is 11.8 Å². The number of thioether (sulfide) groups is 2. The average Bonchev–Trinajstić information content (AvgIpc) is 1.86. The van der Waals surface area contributed by atoms with E-state index in [0.29, 0.717) is 0 Å². The van der Waals surface area contributed by atoms with Crippen LogP contribution in [0.15, 0.2) is 0 Å². The molecule has 0 radical (unpaired) electrons. The van der Waals surface area contributed by atoms with E-state index < -0.39 is 8.63 Å². The van der Waals surface area contributed by atoms with Gasteiger partial charge in [-0.2, -0.15) is 13.2 Å². The smallest absolute Gasteiger partial charge is 0.269 e. The molecule has 0 aromatic heterocycles. The highest BCUT2D eigenvalue weighted by Crippen LogP contribution is 2.36. The fraction of sp³-hybridized carbons (Fsp3) is 1.00. The van der Waals surface area contributed by atoms with Crippen molar-refractivity contribution < 1.29 is 17.9 Å². The molecule has 0 aromatic rings. The Balaban J connectivity index is -0.000000143. The van der Waals surface area contributed by atoms with Crippen molar-refractivity contribution in [2.75, 3.05) is 12.5 Å². The van der Waals surface area contributed by atoms with Gasteiger partial charge in [0.15, 0.2) is 0 Å². The van der Waals surface area contributed by atoms with E-state index in [1.807, 2.05) is 0 Å². The van der Waals surface area contributed by atoms with Crippen molar-refractivity contribution in [2.24, 2.45) is 0 Å². The van der Waals surface area contributed by atoms with Gasteiger partial charge < -0.3 is 0 Å². The van der Waals surface area contributed by atoms with Crippen LogP contribution in [-0.2, 0) is 0 Å². The molecule has 0 aliphatic carbocycles. The summed E-state index contributed by atoms with van der Waals surface area (Å²) in [7, 11) is 0. The topological polar surface area (TPSA) is 0 Å². The highest BCUT2D eigenvalue weighted by atomic mass is 35.6. The maximum absolute atomic E-state index is 10.7. The summed E-state index contributed by atoms with van der Waals surface area (Å²) in [4.78, 5) is 0. The Morgan fingerprint density at radius 3 is 1.08 bits per heavy atom. The predicted octanol–water partition coefficient (Wildman–Crippen LogP) is 4.70. The van der Waals surface area contributed by atoms with Crippen molar-refractivity contribution >= 4 is 58.3 Å². The Hall–Kier alpha value is 1.29. The van der Waals surface area contributed by atoms with Crippen molar-refractivity contribution in [1.29, 1.82) is 0 Å². The maximum Gasteiger partial charge on any atom is 0.441 e. The molecule has 0 N–H and O–H groups in total. The Kier molecular flexibility index (Phi) is 13.1. The highest BCUT2D eigenvalue weighted by Gasteiger charge is 2.24. The zero-order valence-electron chi connectivity index (χ0n) is 6.49. The minimum absolute atomic E-state index is 0. The molecule has 0 saturated carbocycles. The molecule has 0 aromatic carbocycles. The first-order valence-electron chi connectivity index (χ1n) is 2.36. The standard InChI is InChI=1S/C2H3Cl3S.C2H3F3S.FH/c2*1-6-2(3,4)5;/h2*1H3;1H. The van der Waals surface area contributed by atoms with E-state index in [1.54, 1.807) is 6.26 Å². The molecule has 0 bridgehead atoms. The monoisotopic (exact) mass is 300 g/mol. The van der Waals surface area contributed by atoms with E-state index in [4.69, 9.17) is 34.8 Å². The quantitative estimate of drug-likeness (QED) is 0.470. The van der Waals surface area contributed by atoms with Crippen LogP contribution in [0.25, 0.3) is 0 Å². The lowest BCUT2D eigenvalue weighted by molar-refractivity contribution is -0.0323. The molecule has 0 spiro atoms. The molecule has 0 unspecified atom stereocenters. The van der Waals surface area contributed by atoms with Gasteiger partial charge in [-0.25, -0.2) is 0 Å². The first-order chi connectivity index (χ1) is 5.12. The summed E-state index contributed by atoms with van der Waals surface area (Å²) in [6.07, 6.45) is 2.73. The van der Waals surface area contributed by atoms with Crippen LogP contribution in [0, 0.1) is 0 Å². The molecular weight excluding hydrogens is 295 g/mol. The number of rotatable bonds is 0. The summed E-state index contributed by atoms with van der Waals surface area (Å²) in [5.41, 5.74) is -4.04. The molecule has 0 atom stereocenters. The largest absolute Gasteiger partial charge is 0.441 e. The van der Waals surface area contributed by atoms with E-state index in [9.17, 15) is 13.2 Å². The molecule has 0 fully saturated rings. The Bertz CT molecular complexity index is 98.9. The van der Waals surface area contributed by atoms with Gasteiger partial charge in [-0.3, -0.25) is 4.70 Å². The van der Waals surface area contributed by atoms with Crippen molar-refractivity contribution in [2.45, 2.75) is 8.63 Å². The lowest BCUT2D eigenvalue weighted by atomic mass is 11.6. The van der Waals surface area contributed by atoms with Crippen LogP contribution in [0.3, 0.4) is 0 Å². The zero-order chi connectivity index (χ0) is 10.4. The van der Waals surface area contributed by atoms with E-state index in [-0.39, 0.29) is 16.5 Å². The molecule has 0 aliphatic rings. The summed E-state index contributed by atoms with van der Waals surface area (Å²) in [5, 5.41) is 0. The third kappa shape index (κ3) is 31.9. The van der Waals surface area contributed by atoms with Crippen LogP contribution in [0.1, 0.15) is 0 Å². The van der Waals surface area contributed by atoms with Gasteiger partial charge in [0.25, 0.3) is 0 Å². The fourth-order valence-electron chi connectivity index (χ4n) is 0. The lowest BCUT2D eigenvalue weighted by Gasteiger charge is -2.02. The summed E-state index contributed by atoms with van der Waals surface area (Å²) >= 11 is 16.7. The SMILES string of the molecule is CSC(Cl)(Cl)Cl.CSC(F)(F)F.F. The summed E-state index contributed by atoms with van der Waals surface area (Å²) in [6, 6.07) is 0. The summed E-state index contributed by atoms with van der Waals surface area (Å²) in [6.45, 7) is 0. The maximum atomic E-state index is 10.7. The molecule has 9 heteroatoms. The number of hydrogen-bond donors (Lipinski definition) is 0. The molecule has 0 rings (SSSR count). The number of hydrogen-bond acceptors (Lipinski definition) is 2. The second-order valence-corrected chi connectivity index (χ2v) is 6.15. The van der Waals surface area contributed by atoms with Gasteiger partial charge in [0.1, 0.15) is 0 Å². The van der Waals surface area contributed by atoms with Crippen molar-refractivity contribution in [3.05, 3.63) is 0 Å². The second-order valence-electron chi connectivity index (χ2n) is 1.30. The molecule has 0 heterocycles. The molecule has 0 aliphatic heterocycles. The third-order valence-electron chi connectivity index (χ3n) is 0.463. The Morgan fingerprint density at radius 1 is 0.923 bits per heavy atom. The summed E-state index contributed by atoms with van der Waals surface area (Å²) in [5.74, 6) is 0. The number of alkyl halides is 6. The van der Waals surface area contributed by atoms with Gasteiger partial charge in [0.05, 0.1) is 0 Å². The van der Waals surface area contributed by atoms with E-state index in [2.05, 4.69) is 0 Å². The first kappa shape index (κ1) is 19.8. The van der Waals surface area contributed by atoms with Crippen molar-refractivity contribution in [1.82, 2.24) is 0 Å². The van der Waals surface area contributed by atoms with Crippen LogP contribution >= 0.6 is 58.3 Å². The average molecular weight is 302 g/mol. The second kappa shape index (κ2) is 8.59. The van der Waals surface area contributed by atoms with Crippen LogP contribution < -0.4 is 0 Å². The zero-order valence-corrected chi connectivity index (χ0v) is 10.4. The molecular formula is C4H7Cl3F4S2. The van der Waals surface area contributed by atoms with Gasteiger partial charge in [0.2, 0.25) is 3.12 Å². The molecule has 0 saturated heterocycles.